The highest BCUT2D eigenvalue weighted by Gasteiger charge is 2.28. The van der Waals surface area contributed by atoms with E-state index in [0.29, 0.717) is 13.2 Å². The van der Waals surface area contributed by atoms with Crippen molar-refractivity contribution in [3.05, 3.63) is 53.3 Å². The van der Waals surface area contributed by atoms with E-state index in [2.05, 4.69) is 10.2 Å². The lowest BCUT2D eigenvalue weighted by atomic mass is 10.0. The highest BCUT2D eigenvalue weighted by Crippen LogP contribution is 2.37. The van der Waals surface area contributed by atoms with Gasteiger partial charge in [-0.2, -0.15) is 0 Å². The van der Waals surface area contributed by atoms with Crippen molar-refractivity contribution in [2.75, 3.05) is 31.6 Å². The first-order chi connectivity index (χ1) is 13.6. The van der Waals surface area contributed by atoms with E-state index in [1.54, 1.807) is 12.1 Å². The molecule has 0 radical (unpaired) electrons. The molecule has 1 amide bonds. The first-order valence-corrected chi connectivity index (χ1v) is 9.80. The summed E-state index contributed by atoms with van der Waals surface area (Å²) in [6, 6.07) is 11.0. The van der Waals surface area contributed by atoms with Crippen molar-refractivity contribution in [2.45, 2.75) is 32.2 Å². The minimum Gasteiger partial charge on any atom is -0.490 e. The molecule has 2 heterocycles. The summed E-state index contributed by atoms with van der Waals surface area (Å²) in [4.78, 5) is 14.6. The Kier molecular flexibility index (Phi) is 5.48. The lowest BCUT2D eigenvalue weighted by Crippen LogP contribution is -2.33. The minimum atomic E-state index is -0.408. The number of amides is 1. The zero-order chi connectivity index (χ0) is 19.5. The van der Waals surface area contributed by atoms with Gasteiger partial charge in [0, 0.05) is 12.5 Å². The number of anilines is 1. The molecule has 6 heteroatoms. The number of aryl methyl sites for hydroxylation is 1. The molecule has 1 N–H and O–H groups in total. The Morgan fingerprint density at radius 3 is 2.79 bits per heavy atom. The number of hydrogen-bond acceptors (Lipinski definition) is 4. The van der Waals surface area contributed by atoms with Gasteiger partial charge in [-0.3, -0.25) is 9.69 Å². The maximum absolute atomic E-state index is 14.0. The zero-order valence-electron chi connectivity index (χ0n) is 16.0. The summed E-state index contributed by atoms with van der Waals surface area (Å²) in [6.07, 6.45) is 2.87. The van der Waals surface area contributed by atoms with Crippen molar-refractivity contribution < 1.29 is 18.7 Å². The molecule has 0 saturated carbocycles. The lowest BCUT2D eigenvalue weighted by molar-refractivity contribution is -0.117. The summed E-state index contributed by atoms with van der Waals surface area (Å²) in [6.45, 7) is 4.20. The standard InChI is InChI=1S/C22H25FN2O3/c1-15-5-7-18(17(23)12-15)24-22(26)14-25-9-2-4-19(25)16-6-8-20-21(13-16)28-11-3-10-27-20/h5-8,12-13,19H,2-4,9-11,14H2,1H3,(H,24,26)/t19-/m0/s1. The van der Waals surface area contributed by atoms with Crippen molar-refractivity contribution >= 4 is 11.6 Å². The third-order valence-electron chi connectivity index (χ3n) is 5.27. The van der Waals surface area contributed by atoms with Gasteiger partial charge in [0.15, 0.2) is 11.5 Å². The van der Waals surface area contributed by atoms with E-state index in [0.717, 1.165) is 48.4 Å². The maximum atomic E-state index is 14.0. The van der Waals surface area contributed by atoms with Crippen LogP contribution in [0.4, 0.5) is 10.1 Å². The van der Waals surface area contributed by atoms with Crippen molar-refractivity contribution in [2.24, 2.45) is 0 Å². The first kappa shape index (κ1) is 18.7. The van der Waals surface area contributed by atoms with Gasteiger partial charge in [0.25, 0.3) is 0 Å². The molecular weight excluding hydrogens is 359 g/mol. The van der Waals surface area contributed by atoms with Gasteiger partial charge in [-0.05, 0) is 61.7 Å². The third-order valence-corrected chi connectivity index (χ3v) is 5.27. The molecule has 2 aliphatic heterocycles. The smallest absolute Gasteiger partial charge is 0.238 e. The van der Waals surface area contributed by atoms with E-state index < -0.39 is 5.82 Å². The second kappa shape index (κ2) is 8.19. The molecule has 148 valence electrons. The molecule has 1 saturated heterocycles. The summed E-state index contributed by atoms with van der Waals surface area (Å²) < 4.78 is 25.5. The molecule has 5 nitrogen and oxygen atoms in total. The van der Waals surface area contributed by atoms with Crippen molar-refractivity contribution in [3.63, 3.8) is 0 Å². The summed E-state index contributed by atoms with van der Waals surface area (Å²) in [7, 11) is 0. The number of fused-ring (bicyclic) bond motifs is 1. The fraction of sp³-hybridized carbons (Fsp3) is 0.409. The molecule has 4 rings (SSSR count). The summed E-state index contributed by atoms with van der Waals surface area (Å²) in [5.41, 5.74) is 2.17. The van der Waals surface area contributed by atoms with E-state index >= 15 is 0 Å². The SMILES string of the molecule is Cc1ccc(NC(=O)CN2CCC[C@H]2c2ccc3c(c2)OCCCO3)c(F)c1. The number of carbonyl (C=O) groups excluding carboxylic acids is 1. The fourth-order valence-electron chi connectivity index (χ4n) is 3.88. The van der Waals surface area contributed by atoms with Gasteiger partial charge in [-0.25, -0.2) is 4.39 Å². The minimum absolute atomic E-state index is 0.144. The zero-order valence-corrected chi connectivity index (χ0v) is 16.0. The Bertz CT molecular complexity index is 871. The molecule has 2 aromatic carbocycles. The highest BCUT2D eigenvalue weighted by molar-refractivity contribution is 5.92. The number of halogens is 1. The summed E-state index contributed by atoms with van der Waals surface area (Å²) >= 11 is 0. The van der Waals surface area contributed by atoms with Crippen LogP contribution in [0.15, 0.2) is 36.4 Å². The second-order valence-electron chi connectivity index (χ2n) is 7.42. The summed E-state index contributed by atoms with van der Waals surface area (Å²) in [5.74, 6) is 0.935. The van der Waals surface area contributed by atoms with E-state index in [1.807, 2.05) is 25.1 Å². The van der Waals surface area contributed by atoms with E-state index in [4.69, 9.17) is 9.47 Å². The summed E-state index contributed by atoms with van der Waals surface area (Å²) in [5, 5.41) is 2.69. The normalized spacial score (nSPS) is 19.3. The predicted molar refractivity (Wildman–Crippen MR) is 105 cm³/mol. The van der Waals surface area contributed by atoms with E-state index in [1.165, 1.54) is 6.07 Å². The van der Waals surface area contributed by atoms with Gasteiger partial charge in [-0.15, -0.1) is 0 Å². The fourth-order valence-corrected chi connectivity index (χ4v) is 3.88. The van der Waals surface area contributed by atoms with Crippen molar-refractivity contribution in [1.29, 1.82) is 0 Å². The van der Waals surface area contributed by atoms with Crippen LogP contribution >= 0.6 is 0 Å². The van der Waals surface area contributed by atoms with Crippen LogP contribution in [0, 0.1) is 12.7 Å². The average Bonchev–Trinajstić information content (AvgIpc) is 2.99. The molecule has 0 bridgehead atoms. The number of rotatable bonds is 4. The Morgan fingerprint density at radius 1 is 1.14 bits per heavy atom. The van der Waals surface area contributed by atoms with Gasteiger partial charge in [0.1, 0.15) is 5.82 Å². The maximum Gasteiger partial charge on any atom is 0.238 e. The number of carbonyl (C=O) groups is 1. The number of ether oxygens (including phenoxy) is 2. The molecule has 2 aromatic rings. The molecular formula is C22H25FN2O3. The number of nitrogens with one attached hydrogen (secondary N) is 1. The Morgan fingerprint density at radius 2 is 1.96 bits per heavy atom. The Hall–Kier alpha value is -2.60. The first-order valence-electron chi connectivity index (χ1n) is 9.80. The quantitative estimate of drug-likeness (QED) is 0.863. The van der Waals surface area contributed by atoms with E-state index in [-0.39, 0.29) is 24.2 Å². The van der Waals surface area contributed by atoms with Crippen LogP contribution in [-0.4, -0.2) is 37.1 Å². The molecule has 1 atom stereocenters. The lowest BCUT2D eigenvalue weighted by Gasteiger charge is -2.25. The number of benzene rings is 2. The van der Waals surface area contributed by atoms with Gasteiger partial charge < -0.3 is 14.8 Å². The van der Waals surface area contributed by atoms with Crippen LogP contribution in [-0.2, 0) is 4.79 Å². The van der Waals surface area contributed by atoms with Crippen LogP contribution in [0.3, 0.4) is 0 Å². The van der Waals surface area contributed by atoms with Crippen LogP contribution < -0.4 is 14.8 Å². The predicted octanol–water partition coefficient (Wildman–Crippen LogP) is 4.07. The Labute approximate surface area is 164 Å². The molecule has 1 fully saturated rings. The van der Waals surface area contributed by atoms with Crippen LogP contribution in [0.25, 0.3) is 0 Å². The topological polar surface area (TPSA) is 50.8 Å². The number of nitrogens with zero attached hydrogens (tertiary/aromatic N) is 1. The number of likely N-dealkylation sites (tertiary alicyclic amines) is 1. The van der Waals surface area contributed by atoms with Crippen LogP contribution in [0.5, 0.6) is 11.5 Å². The van der Waals surface area contributed by atoms with Gasteiger partial charge in [0.2, 0.25) is 5.91 Å². The monoisotopic (exact) mass is 384 g/mol. The van der Waals surface area contributed by atoms with Crippen molar-refractivity contribution in [3.8, 4) is 11.5 Å². The molecule has 28 heavy (non-hydrogen) atoms. The Balaban J connectivity index is 1.45. The molecule has 0 unspecified atom stereocenters. The van der Waals surface area contributed by atoms with Crippen LogP contribution in [0.2, 0.25) is 0 Å². The van der Waals surface area contributed by atoms with Gasteiger partial charge in [0.05, 0.1) is 25.4 Å². The molecule has 2 aliphatic rings. The van der Waals surface area contributed by atoms with Crippen LogP contribution in [0.1, 0.15) is 36.4 Å². The van der Waals surface area contributed by atoms with E-state index in [9.17, 15) is 9.18 Å². The molecule has 0 spiro atoms. The third kappa shape index (κ3) is 4.12. The van der Waals surface area contributed by atoms with Gasteiger partial charge in [-0.1, -0.05) is 12.1 Å². The molecule has 0 aromatic heterocycles. The van der Waals surface area contributed by atoms with Crippen molar-refractivity contribution in [1.82, 2.24) is 4.90 Å². The largest absolute Gasteiger partial charge is 0.490 e. The molecule has 0 aliphatic carbocycles. The highest BCUT2D eigenvalue weighted by atomic mass is 19.1. The second-order valence-corrected chi connectivity index (χ2v) is 7.42. The number of hydrogen-bond donors (Lipinski definition) is 1. The average molecular weight is 384 g/mol. The van der Waals surface area contributed by atoms with Gasteiger partial charge >= 0.3 is 0 Å².